The molecule has 72 valence electrons. The molecular weight excluding hydrogens is 178 g/mol. The van der Waals surface area contributed by atoms with Crippen molar-refractivity contribution in [2.75, 3.05) is 0 Å². The second-order valence-electron chi connectivity index (χ2n) is 3.01. The van der Waals surface area contributed by atoms with E-state index in [1.54, 1.807) is 6.20 Å². The van der Waals surface area contributed by atoms with Crippen LogP contribution in [0, 0.1) is 6.92 Å². The molecule has 0 spiro atoms. The second kappa shape index (κ2) is 3.55. The number of nitrogens with zero attached hydrogens (tertiary/aromatic N) is 3. The maximum absolute atomic E-state index is 5.50. The van der Waals surface area contributed by atoms with Crippen molar-refractivity contribution in [2.24, 2.45) is 5.73 Å². The van der Waals surface area contributed by atoms with Gasteiger partial charge in [-0.15, -0.1) is 0 Å². The standard InChI is InChI=1S/C9H11N5/c1-6-8(4-13-14-6)9-2-7(3-10)11-5-12-9/h2,4-5H,3,10H2,1H3,(H,13,14). The normalized spacial score (nSPS) is 10.4. The highest BCUT2D eigenvalue weighted by Crippen LogP contribution is 2.18. The molecule has 2 rings (SSSR count). The van der Waals surface area contributed by atoms with Crippen LogP contribution >= 0.6 is 0 Å². The van der Waals surface area contributed by atoms with Crippen molar-refractivity contribution in [2.45, 2.75) is 13.5 Å². The average molecular weight is 189 g/mol. The summed E-state index contributed by atoms with van der Waals surface area (Å²) in [6.45, 7) is 2.37. The largest absolute Gasteiger partial charge is 0.325 e. The Hall–Kier alpha value is -1.75. The maximum atomic E-state index is 5.50. The zero-order chi connectivity index (χ0) is 9.97. The number of aromatic nitrogens is 4. The molecule has 0 amide bonds. The number of aromatic amines is 1. The van der Waals surface area contributed by atoms with E-state index in [2.05, 4.69) is 20.2 Å². The van der Waals surface area contributed by atoms with Crippen LogP contribution in [0.4, 0.5) is 0 Å². The summed E-state index contributed by atoms with van der Waals surface area (Å²) in [5.41, 5.74) is 9.16. The van der Waals surface area contributed by atoms with Crippen molar-refractivity contribution < 1.29 is 0 Å². The Morgan fingerprint density at radius 1 is 1.43 bits per heavy atom. The van der Waals surface area contributed by atoms with Gasteiger partial charge in [0.2, 0.25) is 0 Å². The molecule has 0 atom stereocenters. The van der Waals surface area contributed by atoms with E-state index in [0.29, 0.717) is 6.54 Å². The smallest absolute Gasteiger partial charge is 0.116 e. The van der Waals surface area contributed by atoms with Crippen molar-refractivity contribution in [3.63, 3.8) is 0 Å². The molecule has 0 fully saturated rings. The Morgan fingerprint density at radius 3 is 2.93 bits per heavy atom. The van der Waals surface area contributed by atoms with Gasteiger partial charge in [-0.25, -0.2) is 9.97 Å². The van der Waals surface area contributed by atoms with E-state index in [4.69, 9.17) is 5.73 Å². The Labute approximate surface area is 81.4 Å². The topological polar surface area (TPSA) is 80.5 Å². The Bertz CT molecular complexity index is 434. The summed E-state index contributed by atoms with van der Waals surface area (Å²) in [5.74, 6) is 0. The number of rotatable bonds is 2. The summed E-state index contributed by atoms with van der Waals surface area (Å²) in [4.78, 5) is 8.19. The summed E-state index contributed by atoms with van der Waals surface area (Å²) >= 11 is 0. The molecule has 0 saturated heterocycles. The fourth-order valence-corrected chi connectivity index (χ4v) is 1.27. The van der Waals surface area contributed by atoms with Gasteiger partial charge >= 0.3 is 0 Å². The zero-order valence-corrected chi connectivity index (χ0v) is 7.86. The van der Waals surface area contributed by atoms with Crippen LogP contribution < -0.4 is 5.73 Å². The minimum absolute atomic E-state index is 0.423. The van der Waals surface area contributed by atoms with Gasteiger partial charge in [0.25, 0.3) is 0 Å². The van der Waals surface area contributed by atoms with Crippen LogP contribution in [0.25, 0.3) is 11.3 Å². The third kappa shape index (κ3) is 1.49. The Morgan fingerprint density at radius 2 is 2.29 bits per heavy atom. The van der Waals surface area contributed by atoms with Gasteiger partial charge in [0.1, 0.15) is 6.33 Å². The molecule has 2 aromatic rings. The van der Waals surface area contributed by atoms with Crippen LogP contribution in [0.1, 0.15) is 11.4 Å². The Balaban J connectivity index is 2.47. The molecule has 0 aliphatic heterocycles. The van der Waals surface area contributed by atoms with E-state index in [-0.39, 0.29) is 0 Å². The molecule has 0 unspecified atom stereocenters. The van der Waals surface area contributed by atoms with Gasteiger partial charge in [-0.2, -0.15) is 5.10 Å². The highest BCUT2D eigenvalue weighted by Gasteiger charge is 2.05. The lowest BCUT2D eigenvalue weighted by atomic mass is 10.2. The average Bonchev–Trinajstić information content (AvgIpc) is 2.65. The summed E-state index contributed by atoms with van der Waals surface area (Å²) in [5, 5.41) is 6.80. The van der Waals surface area contributed by atoms with Crippen molar-refractivity contribution in [3.8, 4) is 11.3 Å². The minimum Gasteiger partial charge on any atom is -0.325 e. The molecule has 0 aliphatic carbocycles. The predicted octanol–water partition coefficient (Wildman–Crippen LogP) is 0.634. The lowest BCUT2D eigenvalue weighted by Gasteiger charge is -2.00. The van der Waals surface area contributed by atoms with Crippen LogP contribution in [-0.4, -0.2) is 20.2 Å². The molecule has 14 heavy (non-hydrogen) atoms. The number of aryl methyl sites for hydroxylation is 1. The fourth-order valence-electron chi connectivity index (χ4n) is 1.27. The third-order valence-corrected chi connectivity index (χ3v) is 2.04. The van der Waals surface area contributed by atoms with E-state index in [0.717, 1.165) is 22.6 Å². The number of hydrogen-bond acceptors (Lipinski definition) is 4. The number of hydrogen-bond donors (Lipinski definition) is 2. The first-order chi connectivity index (χ1) is 6.81. The number of H-pyrrole nitrogens is 1. The van der Waals surface area contributed by atoms with Gasteiger partial charge in [0.05, 0.1) is 17.6 Å². The van der Waals surface area contributed by atoms with Gasteiger partial charge in [-0.05, 0) is 13.0 Å². The third-order valence-electron chi connectivity index (χ3n) is 2.04. The molecule has 5 heteroatoms. The van der Waals surface area contributed by atoms with Gasteiger partial charge in [-0.3, -0.25) is 5.10 Å². The molecule has 0 aliphatic rings. The molecule has 5 nitrogen and oxygen atoms in total. The summed E-state index contributed by atoms with van der Waals surface area (Å²) < 4.78 is 0. The monoisotopic (exact) mass is 189 g/mol. The summed E-state index contributed by atoms with van der Waals surface area (Å²) in [6.07, 6.45) is 3.27. The first kappa shape index (κ1) is 8.83. The molecule has 0 bridgehead atoms. The molecule has 2 heterocycles. The van der Waals surface area contributed by atoms with Gasteiger partial charge < -0.3 is 5.73 Å². The van der Waals surface area contributed by atoms with Crippen LogP contribution in [0.3, 0.4) is 0 Å². The van der Waals surface area contributed by atoms with Gasteiger partial charge in [0.15, 0.2) is 0 Å². The highest BCUT2D eigenvalue weighted by molar-refractivity contribution is 5.60. The summed E-state index contributed by atoms with van der Waals surface area (Å²) in [6, 6.07) is 1.87. The van der Waals surface area contributed by atoms with E-state index in [1.807, 2.05) is 13.0 Å². The maximum Gasteiger partial charge on any atom is 0.116 e. The van der Waals surface area contributed by atoms with Gasteiger partial charge in [-0.1, -0.05) is 0 Å². The first-order valence-corrected chi connectivity index (χ1v) is 4.32. The first-order valence-electron chi connectivity index (χ1n) is 4.32. The lowest BCUT2D eigenvalue weighted by molar-refractivity contribution is 0.966. The molecule has 0 saturated carbocycles. The van der Waals surface area contributed by atoms with E-state index in [9.17, 15) is 0 Å². The summed E-state index contributed by atoms with van der Waals surface area (Å²) in [7, 11) is 0. The Kier molecular flexibility index (Phi) is 2.24. The molecule has 3 N–H and O–H groups in total. The zero-order valence-electron chi connectivity index (χ0n) is 7.86. The number of nitrogens with one attached hydrogen (secondary N) is 1. The predicted molar refractivity (Wildman–Crippen MR) is 52.2 cm³/mol. The van der Waals surface area contributed by atoms with Crippen LogP contribution in [0.5, 0.6) is 0 Å². The SMILES string of the molecule is Cc1[nH]ncc1-c1cc(CN)ncn1. The van der Waals surface area contributed by atoms with E-state index >= 15 is 0 Å². The lowest BCUT2D eigenvalue weighted by Crippen LogP contribution is -2.00. The number of nitrogens with two attached hydrogens (primary N) is 1. The molecular formula is C9H11N5. The minimum atomic E-state index is 0.423. The fraction of sp³-hybridized carbons (Fsp3) is 0.222. The van der Waals surface area contributed by atoms with Gasteiger partial charge in [0, 0.05) is 17.8 Å². The van der Waals surface area contributed by atoms with Crippen molar-refractivity contribution in [1.82, 2.24) is 20.2 Å². The van der Waals surface area contributed by atoms with Crippen LogP contribution in [0.15, 0.2) is 18.6 Å². The van der Waals surface area contributed by atoms with Crippen molar-refractivity contribution >= 4 is 0 Å². The molecule has 0 aromatic carbocycles. The van der Waals surface area contributed by atoms with E-state index in [1.165, 1.54) is 6.33 Å². The van der Waals surface area contributed by atoms with Crippen LogP contribution in [-0.2, 0) is 6.54 Å². The van der Waals surface area contributed by atoms with Crippen molar-refractivity contribution in [3.05, 3.63) is 30.0 Å². The second-order valence-corrected chi connectivity index (χ2v) is 3.01. The van der Waals surface area contributed by atoms with E-state index < -0.39 is 0 Å². The highest BCUT2D eigenvalue weighted by atomic mass is 15.1. The van der Waals surface area contributed by atoms with Crippen molar-refractivity contribution in [1.29, 1.82) is 0 Å². The molecule has 0 radical (unpaired) electrons. The quantitative estimate of drug-likeness (QED) is 0.726. The molecule has 2 aromatic heterocycles. The van der Waals surface area contributed by atoms with Crippen LogP contribution in [0.2, 0.25) is 0 Å².